The molecule has 0 saturated heterocycles. The van der Waals surface area contributed by atoms with E-state index >= 15 is 0 Å². The molecule has 1 N–H and O–H groups in total. The lowest BCUT2D eigenvalue weighted by molar-refractivity contribution is 0.305. The number of benzene rings is 1. The van der Waals surface area contributed by atoms with Crippen LogP contribution < -0.4 is 10.1 Å². The Kier molecular flexibility index (Phi) is 5.40. The average molecular weight is 314 g/mol. The molecule has 0 aliphatic carbocycles. The third kappa shape index (κ3) is 3.95. The first-order valence-electron chi connectivity index (χ1n) is 6.47. The van der Waals surface area contributed by atoms with Crippen LogP contribution in [0.1, 0.15) is 22.2 Å². The minimum Gasteiger partial charge on any atom is -0.487 e. The minimum atomic E-state index is -0.359. The summed E-state index contributed by atoms with van der Waals surface area (Å²) in [5.41, 5.74) is 1.14. The maximum Gasteiger partial charge on any atom is 0.138 e. The molecule has 0 fully saturated rings. The third-order valence-electron chi connectivity index (χ3n) is 2.90. The zero-order chi connectivity index (χ0) is 14.5. The van der Waals surface area contributed by atoms with Gasteiger partial charge in [0.1, 0.15) is 18.2 Å². The smallest absolute Gasteiger partial charge is 0.138 e. The summed E-state index contributed by atoms with van der Waals surface area (Å²) >= 11 is 7.70. The molecule has 0 unspecified atom stereocenters. The minimum absolute atomic E-state index is 0.297. The first kappa shape index (κ1) is 15.3. The molecule has 2 rings (SSSR count). The molecule has 0 bridgehead atoms. The Labute approximate surface area is 127 Å². The van der Waals surface area contributed by atoms with Gasteiger partial charge >= 0.3 is 0 Å². The standard InChI is InChI=1S/C15H17ClFNOS/c1-3-18-8-13-6-11(10(2)20-13)9-19-15-5-4-12(17)7-14(15)16/h4-7,18H,3,8-9H2,1-2H3. The number of rotatable bonds is 6. The maximum absolute atomic E-state index is 13.0. The molecule has 0 aliphatic rings. The summed E-state index contributed by atoms with van der Waals surface area (Å²) in [5, 5.41) is 3.60. The van der Waals surface area contributed by atoms with Crippen LogP contribution in [0.3, 0.4) is 0 Å². The molecule has 108 valence electrons. The second-order valence-corrected chi connectivity index (χ2v) is 6.19. The molecule has 0 amide bonds. The Hall–Kier alpha value is -1.10. The van der Waals surface area contributed by atoms with E-state index in [9.17, 15) is 4.39 Å². The zero-order valence-corrected chi connectivity index (χ0v) is 13.1. The van der Waals surface area contributed by atoms with Crippen molar-refractivity contribution in [2.24, 2.45) is 0 Å². The van der Waals surface area contributed by atoms with Crippen molar-refractivity contribution in [3.05, 3.63) is 50.4 Å². The van der Waals surface area contributed by atoms with E-state index in [0.717, 1.165) is 18.7 Å². The second kappa shape index (κ2) is 7.07. The predicted octanol–water partition coefficient (Wildman–Crippen LogP) is 4.54. The van der Waals surface area contributed by atoms with Gasteiger partial charge in [-0.2, -0.15) is 0 Å². The highest BCUT2D eigenvalue weighted by atomic mass is 35.5. The highest BCUT2D eigenvalue weighted by molar-refractivity contribution is 7.12. The van der Waals surface area contributed by atoms with Gasteiger partial charge in [0, 0.05) is 21.9 Å². The van der Waals surface area contributed by atoms with E-state index in [-0.39, 0.29) is 5.82 Å². The van der Waals surface area contributed by atoms with E-state index in [0.29, 0.717) is 17.4 Å². The van der Waals surface area contributed by atoms with E-state index in [1.54, 1.807) is 17.4 Å². The van der Waals surface area contributed by atoms with Crippen LogP contribution in [0.4, 0.5) is 4.39 Å². The van der Waals surface area contributed by atoms with Crippen molar-refractivity contribution < 1.29 is 9.13 Å². The zero-order valence-electron chi connectivity index (χ0n) is 11.5. The summed E-state index contributed by atoms with van der Waals surface area (Å²) < 4.78 is 18.6. The van der Waals surface area contributed by atoms with E-state index in [1.807, 2.05) is 0 Å². The van der Waals surface area contributed by atoms with Crippen molar-refractivity contribution in [3.8, 4) is 5.75 Å². The van der Waals surface area contributed by atoms with Crippen molar-refractivity contribution in [2.45, 2.75) is 27.0 Å². The number of aryl methyl sites for hydroxylation is 1. The molecule has 0 spiro atoms. The Balaban J connectivity index is 2.01. The van der Waals surface area contributed by atoms with Crippen LogP contribution in [0, 0.1) is 12.7 Å². The van der Waals surface area contributed by atoms with Crippen LogP contribution in [0.5, 0.6) is 5.75 Å². The normalized spacial score (nSPS) is 10.8. The van der Waals surface area contributed by atoms with Crippen molar-refractivity contribution in [3.63, 3.8) is 0 Å². The van der Waals surface area contributed by atoms with Crippen LogP contribution in [0.15, 0.2) is 24.3 Å². The van der Waals surface area contributed by atoms with Gasteiger partial charge in [-0.05, 0) is 37.7 Å². The fourth-order valence-electron chi connectivity index (χ4n) is 1.81. The number of hydrogen-bond acceptors (Lipinski definition) is 3. The highest BCUT2D eigenvalue weighted by Gasteiger charge is 2.08. The Morgan fingerprint density at radius 1 is 1.35 bits per heavy atom. The summed E-state index contributed by atoms with van der Waals surface area (Å²) in [7, 11) is 0. The topological polar surface area (TPSA) is 21.3 Å². The summed E-state index contributed by atoms with van der Waals surface area (Å²) in [5.74, 6) is 0.147. The molecule has 0 saturated carbocycles. The fourth-order valence-corrected chi connectivity index (χ4v) is 3.05. The van der Waals surface area contributed by atoms with Gasteiger partial charge in [-0.15, -0.1) is 11.3 Å². The van der Waals surface area contributed by atoms with Gasteiger partial charge in [0.15, 0.2) is 0 Å². The first-order valence-corrected chi connectivity index (χ1v) is 7.66. The SMILES string of the molecule is CCNCc1cc(COc2ccc(F)cc2Cl)c(C)s1. The first-order chi connectivity index (χ1) is 9.60. The lowest BCUT2D eigenvalue weighted by Gasteiger charge is -2.07. The Bertz CT molecular complexity index is 585. The molecule has 0 atom stereocenters. The summed E-state index contributed by atoms with van der Waals surface area (Å²) in [6.45, 7) is 6.43. The van der Waals surface area contributed by atoms with Crippen LogP contribution in [0.25, 0.3) is 0 Å². The average Bonchev–Trinajstić information content (AvgIpc) is 2.76. The fraction of sp³-hybridized carbons (Fsp3) is 0.333. The Morgan fingerprint density at radius 3 is 2.85 bits per heavy atom. The van der Waals surface area contributed by atoms with Crippen LogP contribution >= 0.6 is 22.9 Å². The summed E-state index contributed by atoms with van der Waals surface area (Å²) in [6, 6.07) is 6.30. The number of ether oxygens (including phenoxy) is 1. The van der Waals surface area contributed by atoms with Gasteiger partial charge in [0.2, 0.25) is 0 Å². The summed E-state index contributed by atoms with van der Waals surface area (Å²) in [6.07, 6.45) is 0. The van der Waals surface area contributed by atoms with E-state index in [1.165, 1.54) is 21.9 Å². The number of thiophene rings is 1. The predicted molar refractivity (Wildman–Crippen MR) is 82.2 cm³/mol. The highest BCUT2D eigenvalue weighted by Crippen LogP contribution is 2.28. The van der Waals surface area contributed by atoms with E-state index in [2.05, 4.69) is 25.2 Å². The van der Waals surface area contributed by atoms with Gasteiger partial charge < -0.3 is 10.1 Å². The molecule has 0 aliphatic heterocycles. The summed E-state index contributed by atoms with van der Waals surface area (Å²) in [4.78, 5) is 2.52. The molecular weight excluding hydrogens is 297 g/mol. The van der Waals surface area contributed by atoms with Crippen molar-refractivity contribution >= 4 is 22.9 Å². The van der Waals surface area contributed by atoms with E-state index in [4.69, 9.17) is 16.3 Å². The maximum atomic E-state index is 13.0. The molecular formula is C15H17ClFNOS. The monoisotopic (exact) mass is 313 g/mol. The van der Waals surface area contributed by atoms with Crippen LogP contribution in [0.2, 0.25) is 5.02 Å². The molecule has 20 heavy (non-hydrogen) atoms. The van der Waals surface area contributed by atoms with Crippen LogP contribution in [-0.2, 0) is 13.2 Å². The second-order valence-electron chi connectivity index (χ2n) is 4.44. The van der Waals surface area contributed by atoms with Crippen molar-refractivity contribution in [1.29, 1.82) is 0 Å². The molecule has 2 aromatic rings. The van der Waals surface area contributed by atoms with Gasteiger partial charge in [0.25, 0.3) is 0 Å². The van der Waals surface area contributed by atoms with Gasteiger partial charge in [-0.1, -0.05) is 18.5 Å². The van der Waals surface area contributed by atoms with Crippen LogP contribution in [-0.4, -0.2) is 6.54 Å². The van der Waals surface area contributed by atoms with Crippen molar-refractivity contribution in [2.75, 3.05) is 6.54 Å². The quantitative estimate of drug-likeness (QED) is 0.845. The largest absolute Gasteiger partial charge is 0.487 e. The van der Waals surface area contributed by atoms with Gasteiger partial charge in [-0.25, -0.2) is 4.39 Å². The molecule has 0 radical (unpaired) electrons. The van der Waals surface area contributed by atoms with E-state index < -0.39 is 0 Å². The number of hydrogen-bond donors (Lipinski definition) is 1. The van der Waals surface area contributed by atoms with Crippen molar-refractivity contribution in [1.82, 2.24) is 5.32 Å². The molecule has 1 aromatic carbocycles. The number of halogens is 2. The molecule has 5 heteroatoms. The lowest BCUT2D eigenvalue weighted by atomic mass is 10.2. The Morgan fingerprint density at radius 2 is 2.15 bits per heavy atom. The lowest BCUT2D eigenvalue weighted by Crippen LogP contribution is -2.10. The molecule has 1 heterocycles. The van der Waals surface area contributed by atoms with Gasteiger partial charge in [0.05, 0.1) is 5.02 Å². The molecule has 2 nitrogen and oxygen atoms in total. The van der Waals surface area contributed by atoms with Gasteiger partial charge in [-0.3, -0.25) is 0 Å². The number of nitrogens with one attached hydrogen (secondary N) is 1. The third-order valence-corrected chi connectivity index (χ3v) is 4.29. The molecule has 1 aromatic heterocycles.